The molecule has 0 unspecified atom stereocenters. The average molecular weight is 311 g/mol. The van der Waals surface area contributed by atoms with Crippen LogP contribution in [0.15, 0.2) is 5.38 Å². The molecule has 0 spiro atoms. The van der Waals surface area contributed by atoms with Gasteiger partial charge in [-0.15, -0.1) is 11.3 Å². The van der Waals surface area contributed by atoms with Gasteiger partial charge >= 0.3 is 0 Å². The van der Waals surface area contributed by atoms with Gasteiger partial charge in [-0.3, -0.25) is 4.90 Å². The molecule has 0 aliphatic carbocycles. The fraction of sp³-hybridized carbons (Fsp3) is 0.812. The predicted molar refractivity (Wildman–Crippen MR) is 90.6 cm³/mol. The van der Waals surface area contributed by atoms with E-state index in [1.165, 1.54) is 43.4 Å². The van der Waals surface area contributed by atoms with Crippen molar-refractivity contribution in [3.8, 4) is 0 Å². The molecule has 1 aromatic rings. The molecule has 2 rings (SSSR count). The summed E-state index contributed by atoms with van der Waals surface area (Å²) in [6, 6.07) is 0.520. The minimum atomic E-state index is 0.520. The van der Waals surface area contributed by atoms with Gasteiger partial charge in [-0.2, -0.15) is 0 Å². The zero-order chi connectivity index (χ0) is 15.2. The maximum absolute atomic E-state index is 4.74. The Morgan fingerprint density at radius 3 is 2.43 bits per heavy atom. The molecule has 1 fully saturated rings. The van der Waals surface area contributed by atoms with Gasteiger partial charge in [-0.25, -0.2) is 4.98 Å². The van der Waals surface area contributed by atoms with Crippen molar-refractivity contribution in [3.05, 3.63) is 16.1 Å². The summed E-state index contributed by atoms with van der Waals surface area (Å²) in [7, 11) is 0. The van der Waals surface area contributed by atoms with Gasteiger partial charge in [0.25, 0.3) is 0 Å². The zero-order valence-electron chi connectivity index (χ0n) is 13.9. The first-order valence-corrected chi connectivity index (χ1v) is 9.02. The minimum absolute atomic E-state index is 0.520. The minimum Gasteiger partial charge on any atom is -0.308 e. The Hall–Kier alpha value is -0.490. The molecular formula is C16H30N4S. The van der Waals surface area contributed by atoms with Crippen molar-refractivity contribution in [2.75, 3.05) is 32.7 Å². The fourth-order valence-corrected chi connectivity index (χ4v) is 3.41. The van der Waals surface area contributed by atoms with E-state index >= 15 is 0 Å². The van der Waals surface area contributed by atoms with Gasteiger partial charge in [-0.05, 0) is 5.92 Å². The Morgan fingerprint density at radius 1 is 1.14 bits per heavy atom. The molecule has 1 saturated heterocycles. The van der Waals surface area contributed by atoms with Crippen LogP contribution in [0, 0.1) is 5.92 Å². The van der Waals surface area contributed by atoms with E-state index in [-0.39, 0.29) is 0 Å². The molecule has 5 heteroatoms. The lowest BCUT2D eigenvalue weighted by Gasteiger charge is -2.35. The lowest BCUT2D eigenvalue weighted by Crippen LogP contribution is -2.46. The average Bonchev–Trinajstić information content (AvgIpc) is 2.86. The molecule has 1 aliphatic rings. The lowest BCUT2D eigenvalue weighted by molar-refractivity contribution is 0.116. The molecule has 120 valence electrons. The predicted octanol–water partition coefficient (Wildman–Crippen LogP) is 2.41. The zero-order valence-corrected chi connectivity index (χ0v) is 14.7. The molecule has 1 aliphatic heterocycles. The number of piperazine rings is 1. The first kappa shape index (κ1) is 16.9. The van der Waals surface area contributed by atoms with E-state index in [0.717, 1.165) is 19.0 Å². The third-order valence-electron chi connectivity index (χ3n) is 3.73. The Morgan fingerprint density at radius 2 is 1.81 bits per heavy atom. The van der Waals surface area contributed by atoms with Gasteiger partial charge < -0.3 is 10.2 Å². The highest BCUT2D eigenvalue weighted by Gasteiger charge is 2.18. The third-order valence-corrected chi connectivity index (χ3v) is 4.63. The van der Waals surface area contributed by atoms with E-state index in [1.54, 1.807) is 11.3 Å². The topological polar surface area (TPSA) is 31.4 Å². The molecule has 0 aromatic carbocycles. The molecule has 1 aromatic heterocycles. The van der Waals surface area contributed by atoms with Crippen molar-refractivity contribution < 1.29 is 0 Å². The molecule has 2 heterocycles. The maximum Gasteiger partial charge on any atom is 0.107 e. The van der Waals surface area contributed by atoms with Gasteiger partial charge in [0.2, 0.25) is 0 Å². The van der Waals surface area contributed by atoms with Crippen LogP contribution in [0.5, 0.6) is 0 Å². The van der Waals surface area contributed by atoms with E-state index in [2.05, 4.69) is 48.2 Å². The fourth-order valence-electron chi connectivity index (χ4n) is 2.67. The van der Waals surface area contributed by atoms with Crippen LogP contribution in [0.1, 0.15) is 38.4 Å². The van der Waals surface area contributed by atoms with Crippen LogP contribution in [-0.4, -0.2) is 53.5 Å². The van der Waals surface area contributed by atoms with Gasteiger partial charge in [0.05, 0.1) is 5.69 Å². The normalized spacial score (nSPS) is 18.0. The van der Waals surface area contributed by atoms with E-state index in [4.69, 9.17) is 4.98 Å². The maximum atomic E-state index is 4.74. The first-order valence-electron chi connectivity index (χ1n) is 8.14. The molecular weight excluding hydrogens is 280 g/mol. The summed E-state index contributed by atoms with van der Waals surface area (Å²) in [5.41, 5.74) is 1.23. The van der Waals surface area contributed by atoms with Crippen molar-refractivity contribution in [1.29, 1.82) is 0 Å². The Labute approximate surface area is 133 Å². The highest BCUT2D eigenvalue weighted by molar-refractivity contribution is 7.09. The van der Waals surface area contributed by atoms with Gasteiger partial charge in [0.1, 0.15) is 5.01 Å². The number of rotatable bonds is 7. The largest absolute Gasteiger partial charge is 0.308 e. The number of hydrogen-bond donors (Lipinski definition) is 1. The van der Waals surface area contributed by atoms with E-state index in [9.17, 15) is 0 Å². The summed E-state index contributed by atoms with van der Waals surface area (Å²) in [6.07, 6.45) is 0. The smallest absolute Gasteiger partial charge is 0.107 e. The van der Waals surface area contributed by atoms with Crippen LogP contribution >= 0.6 is 11.3 Å². The van der Waals surface area contributed by atoms with Gasteiger partial charge in [0, 0.05) is 57.2 Å². The Bertz CT molecular complexity index is 408. The van der Waals surface area contributed by atoms with E-state index in [1.807, 2.05) is 0 Å². The molecule has 0 radical (unpaired) electrons. The van der Waals surface area contributed by atoms with Crippen LogP contribution in [0.3, 0.4) is 0 Å². The molecule has 0 saturated carbocycles. The van der Waals surface area contributed by atoms with Crippen molar-refractivity contribution in [1.82, 2.24) is 20.1 Å². The first-order chi connectivity index (χ1) is 10.0. The highest BCUT2D eigenvalue weighted by Crippen LogP contribution is 2.14. The van der Waals surface area contributed by atoms with Crippen LogP contribution in [0.2, 0.25) is 0 Å². The quantitative estimate of drug-likeness (QED) is 0.838. The number of nitrogens with one attached hydrogen (secondary N) is 1. The number of aromatic nitrogens is 1. The number of nitrogens with zero attached hydrogens (tertiary/aromatic N) is 3. The standard InChI is InChI=1S/C16H30N4S/c1-13(2)10-19-5-7-20(8-6-19)11-15-12-21-16(18-15)9-17-14(3)4/h12-14,17H,5-11H2,1-4H3. The van der Waals surface area contributed by atoms with Gasteiger partial charge in [-0.1, -0.05) is 27.7 Å². The Balaban J connectivity index is 1.73. The van der Waals surface area contributed by atoms with Crippen molar-refractivity contribution in [3.63, 3.8) is 0 Å². The van der Waals surface area contributed by atoms with Crippen molar-refractivity contribution in [2.24, 2.45) is 5.92 Å². The summed E-state index contributed by atoms with van der Waals surface area (Å²) >= 11 is 1.78. The molecule has 21 heavy (non-hydrogen) atoms. The third kappa shape index (κ3) is 6.02. The van der Waals surface area contributed by atoms with Crippen molar-refractivity contribution in [2.45, 2.75) is 46.8 Å². The second-order valence-electron chi connectivity index (χ2n) is 6.74. The SMILES string of the molecule is CC(C)CN1CCN(Cc2csc(CNC(C)C)n2)CC1. The molecule has 1 N–H and O–H groups in total. The summed E-state index contributed by atoms with van der Waals surface area (Å²) in [5, 5.41) is 6.86. The Kier molecular flexibility index (Phi) is 6.61. The van der Waals surface area contributed by atoms with Crippen molar-refractivity contribution >= 4 is 11.3 Å². The summed E-state index contributed by atoms with van der Waals surface area (Å²) in [4.78, 5) is 9.86. The van der Waals surface area contributed by atoms with Crippen LogP contribution in [0.25, 0.3) is 0 Å². The monoisotopic (exact) mass is 310 g/mol. The second-order valence-corrected chi connectivity index (χ2v) is 7.68. The number of hydrogen-bond acceptors (Lipinski definition) is 5. The van der Waals surface area contributed by atoms with Crippen LogP contribution < -0.4 is 5.32 Å². The number of thiazole rings is 1. The molecule has 0 bridgehead atoms. The van der Waals surface area contributed by atoms with E-state index < -0.39 is 0 Å². The summed E-state index contributed by atoms with van der Waals surface area (Å²) in [6.45, 7) is 16.8. The molecule has 4 nitrogen and oxygen atoms in total. The summed E-state index contributed by atoms with van der Waals surface area (Å²) in [5.74, 6) is 0.770. The molecule has 0 atom stereocenters. The highest BCUT2D eigenvalue weighted by atomic mass is 32.1. The van der Waals surface area contributed by atoms with Crippen LogP contribution in [0.4, 0.5) is 0 Å². The second kappa shape index (κ2) is 8.22. The summed E-state index contributed by atoms with van der Waals surface area (Å²) < 4.78 is 0. The van der Waals surface area contributed by atoms with Crippen LogP contribution in [-0.2, 0) is 13.1 Å². The lowest BCUT2D eigenvalue weighted by atomic mass is 10.2. The molecule has 0 amide bonds. The van der Waals surface area contributed by atoms with Gasteiger partial charge in [0.15, 0.2) is 0 Å². The van der Waals surface area contributed by atoms with E-state index in [0.29, 0.717) is 6.04 Å².